The van der Waals surface area contributed by atoms with Gasteiger partial charge in [0.25, 0.3) is 0 Å². The van der Waals surface area contributed by atoms with Crippen LogP contribution in [-0.4, -0.2) is 46.3 Å². The van der Waals surface area contributed by atoms with E-state index < -0.39 is 0 Å². The topological polar surface area (TPSA) is 76.7 Å². The van der Waals surface area contributed by atoms with Crippen molar-refractivity contribution in [2.75, 3.05) is 0 Å². The van der Waals surface area contributed by atoms with Crippen molar-refractivity contribution in [3.63, 3.8) is 0 Å². The minimum atomic E-state index is -0.208. The van der Waals surface area contributed by atoms with Crippen LogP contribution in [0.1, 0.15) is 100 Å². The van der Waals surface area contributed by atoms with Crippen molar-refractivity contribution >= 4 is 11.9 Å². The van der Waals surface area contributed by atoms with E-state index in [1.54, 1.807) is 0 Å². The van der Waals surface area contributed by atoms with Crippen molar-refractivity contribution in [2.45, 2.75) is 135 Å². The molecule has 0 spiro atoms. The lowest BCUT2D eigenvalue weighted by atomic mass is 9.97. The summed E-state index contributed by atoms with van der Waals surface area (Å²) in [6, 6.07) is 0. The predicted molar refractivity (Wildman–Crippen MR) is 115 cm³/mol. The molecule has 2 aliphatic rings. The largest absolute Gasteiger partial charge is 0.460 e. The molecule has 2 saturated heterocycles. The maximum atomic E-state index is 12.2. The molecular weight excluding hydrogens is 368 g/mol. The van der Waals surface area contributed by atoms with E-state index in [9.17, 15) is 9.59 Å². The van der Waals surface area contributed by atoms with Gasteiger partial charge in [-0.1, -0.05) is 6.42 Å². The Balaban J connectivity index is 1.62. The lowest BCUT2D eigenvalue weighted by molar-refractivity contribution is -0.151. The van der Waals surface area contributed by atoms with Crippen LogP contribution < -0.4 is 10.6 Å². The van der Waals surface area contributed by atoms with Gasteiger partial charge in [-0.15, -0.1) is 0 Å². The smallest absolute Gasteiger partial charge is 0.306 e. The molecule has 2 fully saturated rings. The lowest BCUT2D eigenvalue weighted by Crippen LogP contribution is -2.47. The van der Waals surface area contributed by atoms with Crippen LogP contribution in [0.25, 0.3) is 0 Å². The average molecular weight is 411 g/mol. The molecule has 6 heteroatoms. The molecule has 29 heavy (non-hydrogen) atoms. The van der Waals surface area contributed by atoms with Gasteiger partial charge in [0.15, 0.2) is 0 Å². The number of nitrogens with one attached hydrogen (secondary N) is 2. The number of esters is 2. The van der Waals surface area contributed by atoms with Gasteiger partial charge in [-0.2, -0.15) is 0 Å². The van der Waals surface area contributed by atoms with Crippen LogP contribution >= 0.6 is 0 Å². The summed E-state index contributed by atoms with van der Waals surface area (Å²) in [5.41, 5.74) is -0.457. The van der Waals surface area contributed by atoms with E-state index in [0.29, 0.717) is 12.8 Å². The summed E-state index contributed by atoms with van der Waals surface area (Å²) in [5, 5.41) is 7.04. The van der Waals surface area contributed by atoms with Gasteiger partial charge in [0.05, 0.1) is 11.1 Å². The Morgan fingerprint density at radius 1 is 0.690 bits per heavy atom. The zero-order chi connectivity index (χ0) is 22.1. The summed E-state index contributed by atoms with van der Waals surface area (Å²) in [5.74, 6) is -0.294. The first-order valence-corrected chi connectivity index (χ1v) is 11.1. The van der Waals surface area contributed by atoms with Crippen LogP contribution in [0.2, 0.25) is 0 Å². The molecule has 0 bridgehead atoms. The highest BCUT2D eigenvalue weighted by Gasteiger charge is 2.47. The second-order valence-corrected chi connectivity index (χ2v) is 11.4. The van der Waals surface area contributed by atoms with Gasteiger partial charge in [0, 0.05) is 36.8 Å². The Labute approximate surface area is 176 Å². The molecule has 2 aliphatic heterocycles. The van der Waals surface area contributed by atoms with E-state index in [1.807, 2.05) is 0 Å². The molecule has 2 atom stereocenters. The number of hydrogen-bond donors (Lipinski definition) is 2. The Morgan fingerprint density at radius 2 is 1.03 bits per heavy atom. The number of ether oxygens (including phenoxy) is 2. The Morgan fingerprint density at radius 3 is 1.31 bits per heavy atom. The van der Waals surface area contributed by atoms with Crippen molar-refractivity contribution in [3.05, 3.63) is 0 Å². The molecule has 0 aromatic carbocycles. The molecule has 0 radical (unpaired) electrons. The SMILES string of the molecule is CC1(C)CC(OC(=O)CCCCCC(=O)OC2CC(C)(C)NC2(C)C)C(C)(C)N1. The molecule has 0 saturated carbocycles. The van der Waals surface area contributed by atoms with Gasteiger partial charge >= 0.3 is 11.9 Å². The Kier molecular flexibility index (Phi) is 7.11. The average Bonchev–Trinajstić information content (AvgIpc) is 2.84. The first kappa shape index (κ1) is 24.1. The van der Waals surface area contributed by atoms with E-state index in [2.05, 4.69) is 66.0 Å². The minimum absolute atomic E-state index is 0.0204. The minimum Gasteiger partial charge on any atom is -0.460 e. The summed E-state index contributed by atoms with van der Waals surface area (Å²) in [4.78, 5) is 24.4. The molecule has 0 aliphatic carbocycles. The number of carbonyl (C=O) groups is 2. The Hall–Kier alpha value is -1.14. The van der Waals surface area contributed by atoms with Gasteiger partial charge in [0.2, 0.25) is 0 Å². The maximum absolute atomic E-state index is 12.2. The Bertz CT molecular complexity index is 558. The highest BCUT2D eigenvalue weighted by molar-refractivity contribution is 5.70. The number of rotatable bonds is 8. The summed E-state index contributed by atoms with van der Waals surface area (Å²) in [6.45, 7) is 16.8. The van der Waals surface area contributed by atoms with Crippen LogP contribution in [0.3, 0.4) is 0 Å². The summed E-state index contributed by atoms with van der Waals surface area (Å²) < 4.78 is 11.4. The van der Waals surface area contributed by atoms with E-state index in [0.717, 1.165) is 32.1 Å². The molecule has 0 amide bonds. The van der Waals surface area contributed by atoms with Crippen molar-refractivity contribution in [2.24, 2.45) is 0 Å². The molecular formula is C23H42N2O4. The second-order valence-electron chi connectivity index (χ2n) is 11.4. The summed E-state index contributed by atoms with van der Waals surface area (Å²) in [6.07, 6.45) is 4.52. The zero-order valence-electron chi connectivity index (χ0n) is 19.7. The van der Waals surface area contributed by atoms with E-state index in [1.165, 1.54) is 0 Å². The second kappa shape index (κ2) is 8.54. The summed E-state index contributed by atoms with van der Waals surface area (Å²) >= 11 is 0. The third-order valence-electron chi connectivity index (χ3n) is 6.13. The van der Waals surface area contributed by atoms with Crippen molar-refractivity contribution < 1.29 is 19.1 Å². The first-order chi connectivity index (χ1) is 13.1. The highest BCUT2D eigenvalue weighted by Crippen LogP contribution is 2.34. The van der Waals surface area contributed by atoms with Crippen LogP contribution in [0.5, 0.6) is 0 Å². The standard InChI is InChI=1S/C23H42N2O4/c1-20(2)14-16(22(5,6)24-20)28-18(26)12-10-9-11-13-19(27)29-17-15-21(3,4)25-23(17,7)8/h16-17,24-25H,9-15H2,1-8H3. The van der Waals surface area contributed by atoms with E-state index in [4.69, 9.17) is 9.47 Å². The van der Waals surface area contributed by atoms with Crippen LogP contribution in [0.4, 0.5) is 0 Å². The third kappa shape index (κ3) is 6.95. The molecule has 2 rings (SSSR count). The number of unbranched alkanes of at least 4 members (excludes halogenated alkanes) is 2. The fourth-order valence-electron chi connectivity index (χ4n) is 4.97. The third-order valence-corrected chi connectivity index (χ3v) is 6.13. The van der Waals surface area contributed by atoms with E-state index >= 15 is 0 Å². The van der Waals surface area contributed by atoms with Crippen LogP contribution in [0, 0.1) is 0 Å². The van der Waals surface area contributed by atoms with Gasteiger partial charge in [-0.25, -0.2) is 0 Å². The zero-order valence-corrected chi connectivity index (χ0v) is 19.7. The van der Waals surface area contributed by atoms with Gasteiger partial charge in [-0.05, 0) is 68.2 Å². The number of carbonyl (C=O) groups excluding carboxylic acids is 2. The maximum Gasteiger partial charge on any atom is 0.306 e. The summed E-state index contributed by atoms with van der Waals surface area (Å²) in [7, 11) is 0. The highest BCUT2D eigenvalue weighted by atomic mass is 16.5. The molecule has 0 aromatic rings. The van der Waals surface area contributed by atoms with Crippen molar-refractivity contribution in [1.82, 2.24) is 10.6 Å². The molecule has 2 unspecified atom stereocenters. The van der Waals surface area contributed by atoms with Crippen LogP contribution in [-0.2, 0) is 19.1 Å². The van der Waals surface area contributed by atoms with Crippen LogP contribution in [0.15, 0.2) is 0 Å². The van der Waals surface area contributed by atoms with Gasteiger partial charge in [-0.3, -0.25) is 9.59 Å². The fourth-order valence-corrected chi connectivity index (χ4v) is 4.97. The molecule has 168 valence electrons. The molecule has 2 N–H and O–H groups in total. The van der Waals surface area contributed by atoms with E-state index in [-0.39, 0.29) is 46.3 Å². The molecule has 2 heterocycles. The monoisotopic (exact) mass is 410 g/mol. The van der Waals surface area contributed by atoms with Gasteiger partial charge < -0.3 is 20.1 Å². The first-order valence-electron chi connectivity index (χ1n) is 11.1. The van der Waals surface area contributed by atoms with Crippen molar-refractivity contribution in [1.29, 1.82) is 0 Å². The number of hydrogen-bond acceptors (Lipinski definition) is 6. The fraction of sp³-hybridized carbons (Fsp3) is 0.913. The van der Waals surface area contributed by atoms with Gasteiger partial charge in [0.1, 0.15) is 12.2 Å². The molecule has 0 aromatic heterocycles. The quantitative estimate of drug-likeness (QED) is 0.467. The predicted octanol–water partition coefficient (Wildman–Crippen LogP) is 3.86. The lowest BCUT2D eigenvalue weighted by Gasteiger charge is -2.28. The normalized spacial score (nSPS) is 28.8. The van der Waals surface area contributed by atoms with Crippen molar-refractivity contribution in [3.8, 4) is 0 Å². The molecule has 6 nitrogen and oxygen atoms in total.